The van der Waals surface area contributed by atoms with Gasteiger partial charge in [-0.2, -0.15) is 0 Å². The Morgan fingerprint density at radius 3 is 2.75 bits per heavy atom. The van der Waals surface area contributed by atoms with E-state index in [9.17, 15) is 9.59 Å². The molecule has 1 amide bonds. The van der Waals surface area contributed by atoms with Crippen LogP contribution in [0, 0.1) is 5.92 Å². The van der Waals surface area contributed by atoms with Crippen LogP contribution in [0.5, 0.6) is 0 Å². The van der Waals surface area contributed by atoms with Gasteiger partial charge in [0.1, 0.15) is 5.54 Å². The smallest absolute Gasteiger partial charge is 0.251 e. The molecule has 1 aromatic heterocycles. The lowest BCUT2D eigenvalue weighted by molar-refractivity contribution is -0.140. The summed E-state index contributed by atoms with van der Waals surface area (Å²) in [5.74, 6) is 0.220. The minimum absolute atomic E-state index is 0.103. The van der Waals surface area contributed by atoms with Gasteiger partial charge in [-0.3, -0.25) is 9.59 Å². The number of aromatic nitrogens is 1. The van der Waals surface area contributed by atoms with E-state index in [-0.39, 0.29) is 11.5 Å². The van der Waals surface area contributed by atoms with Crippen LogP contribution in [-0.4, -0.2) is 10.5 Å². The Bertz CT molecular complexity index is 538. The molecule has 0 aromatic carbocycles. The Hall–Kier alpha value is -1.84. The lowest BCUT2D eigenvalue weighted by Crippen LogP contribution is -2.65. The van der Waals surface area contributed by atoms with Gasteiger partial charge in [0.25, 0.3) is 11.5 Å². The van der Waals surface area contributed by atoms with Gasteiger partial charge in [-0.25, -0.2) is 0 Å². The SMILES string of the molecule is C=C1NC(=O)C2(n3ccccc3=O)CC1C2. The van der Waals surface area contributed by atoms with Crippen molar-refractivity contribution in [2.75, 3.05) is 0 Å². The maximum atomic E-state index is 12.0. The fourth-order valence-electron chi connectivity index (χ4n) is 2.64. The van der Waals surface area contributed by atoms with Gasteiger partial charge in [-0.1, -0.05) is 12.6 Å². The molecule has 2 aliphatic heterocycles. The van der Waals surface area contributed by atoms with E-state index in [1.165, 1.54) is 6.07 Å². The predicted molar refractivity (Wildman–Crippen MR) is 58.7 cm³/mol. The highest BCUT2D eigenvalue weighted by Crippen LogP contribution is 2.49. The Morgan fingerprint density at radius 1 is 1.38 bits per heavy atom. The molecule has 82 valence electrons. The molecular formula is C12H12N2O2. The number of hydrogen-bond donors (Lipinski definition) is 1. The number of nitrogens with zero attached hydrogens (tertiary/aromatic N) is 1. The highest BCUT2D eigenvalue weighted by Gasteiger charge is 2.56. The second-order valence-corrected chi connectivity index (χ2v) is 4.52. The zero-order chi connectivity index (χ0) is 11.3. The van der Waals surface area contributed by atoms with E-state index in [0.29, 0.717) is 18.8 Å². The van der Waals surface area contributed by atoms with E-state index < -0.39 is 5.54 Å². The average Bonchev–Trinajstić information content (AvgIpc) is 2.17. The number of amides is 1. The molecule has 1 saturated carbocycles. The summed E-state index contributed by atoms with van der Waals surface area (Å²) in [6, 6.07) is 4.95. The van der Waals surface area contributed by atoms with Crippen LogP contribution >= 0.6 is 0 Å². The summed E-state index contributed by atoms with van der Waals surface area (Å²) in [4.78, 5) is 23.7. The molecule has 2 bridgehead atoms. The van der Waals surface area contributed by atoms with Gasteiger partial charge < -0.3 is 9.88 Å². The van der Waals surface area contributed by atoms with Crippen molar-refractivity contribution in [1.29, 1.82) is 0 Å². The van der Waals surface area contributed by atoms with Crippen molar-refractivity contribution in [2.24, 2.45) is 5.92 Å². The number of allylic oxidation sites excluding steroid dienone is 1. The molecule has 1 N–H and O–H groups in total. The summed E-state index contributed by atoms with van der Waals surface area (Å²) in [5.41, 5.74) is 0.00367. The predicted octanol–water partition coefficient (Wildman–Crippen LogP) is 0.597. The monoisotopic (exact) mass is 216 g/mol. The van der Waals surface area contributed by atoms with Gasteiger partial charge in [0.05, 0.1) is 0 Å². The van der Waals surface area contributed by atoms with Gasteiger partial charge in [0.15, 0.2) is 0 Å². The van der Waals surface area contributed by atoms with E-state index in [1.54, 1.807) is 22.9 Å². The molecule has 0 unspecified atom stereocenters. The van der Waals surface area contributed by atoms with Crippen molar-refractivity contribution in [1.82, 2.24) is 9.88 Å². The number of rotatable bonds is 1. The largest absolute Gasteiger partial charge is 0.328 e. The second kappa shape index (κ2) is 2.84. The average molecular weight is 216 g/mol. The van der Waals surface area contributed by atoms with Gasteiger partial charge in [-0.05, 0) is 18.9 Å². The second-order valence-electron chi connectivity index (χ2n) is 4.52. The van der Waals surface area contributed by atoms with E-state index >= 15 is 0 Å². The van der Waals surface area contributed by atoms with E-state index in [1.807, 2.05) is 0 Å². The highest BCUT2D eigenvalue weighted by atomic mass is 16.2. The summed E-state index contributed by atoms with van der Waals surface area (Å²) in [7, 11) is 0. The number of carbonyl (C=O) groups excluding carboxylic acids is 1. The molecular weight excluding hydrogens is 204 g/mol. The molecule has 0 spiro atoms. The Labute approximate surface area is 92.6 Å². The minimum atomic E-state index is -0.662. The van der Waals surface area contributed by atoms with Crippen LogP contribution in [0.25, 0.3) is 0 Å². The number of hydrogen-bond acceptors (Lipinski definition) is 2. The zero-order valence-corrected chi connectivity index (χ0v) is 8.77. The fraction of sp³-hybridized carbons (Fsp3) is 0.333. The van der Waals surface area contributed by atoms with Crippen molar-refractivity contribution < 1.29 is 4.79 Å². The summed E-state index contributed by atoms with van der Waals surface area (Å²) >= 11 is 0. The number of nitrogens with one attached hydrogen (secondary N) is 1. The molecule has 16 heavy (non-hydrogen) atoms. The first-order chi connectivity index (χ1) is 7.63. The molecule has 4 rings (SSSR count). The third-order valence-electron chi connectivity index (χ3n) is 3.64. The van der Waals surface area contributed by atoms with Crippen LogP contribution in [0.15, 0.2) is 41.5 Å². The lowest BCUT2D eigenvalue weighted by atomic mass is 9.63. The molecule has 3 aliphatic rings. The highest BCUT2D eigenvalue weighted by molar-refractivity contribution is 5.89. The van der Waals surface area contributed by atoms with Gasteiger partial charge >= 0.3 is 0 Å². The quantitative estimate of drug-likeness (QED) is 0.747. The van der Waals surface area contributed by atoms with Crippen molar-refractivity contribution in [3.8, 4) is 0 Å². The van der Waals surface area contributed by atoms with E-state index in [2.05, 4.69) is 11.9 Å². The number of fused-ring (bicyclic) bond motifs is 2. The summed E-state index contributed by atoms with van der Waals surface area (Å²) < 4.78 is 1.55. The molecule has 2 saturated heterocycles. The summed E-state index contributed by atoms with van der Waals surface area (Å²) in [6.45, 7) is 3.81. The molecule has 4 nitrogen and oxygen atoms in total. The van der Waals surface area contributed by atoms with E-state index in [0.717, 1.165) is 5.70 Å². The number of pyridine rings is 1. The van der Waals surface area contributed by atoms with Crippen molar-refractivity contribution >= 4 is 5.91 Å². The molecule has 1 aromatic rings. The normalized spacial score (nSPS) is 31.9. The number of carbonyl (C=O) groups is 1. The lowest BCUT2D eigenvalue weighted by Gasteiger charge is -2.52. The standard InChI is InChI=1S/C12H12N2O2/c1-8-9-6-12(7-9,11(16)13-8)14-5-3-2-4-10(14)15/h2-5,9H,1,6-7H2,(H,13,16). The summed E-state index contributed by atoms with van der Waals surface area (Å²) in [5, 5.41) is 2.75. The summed E-state index contributed by atoms with van der Waals surface area (Å²) in [6.07, 6.45) is 3.08. The maximum absolute atomic E-state index is 12.0. The third kappa shape index (κ3) is 0.988. The molecule has 3 heterocycles. The van der Waals surface area contributed by atoms with E-state index in [4.69, 9.17) is 0 Å². The van der Waals surface area contributed by atoms with Crippen LogP contribution in [-0.2, 0) is 10.3 Å². The first kappa shape index (κ1) is 9.39. The maximum Gasteiger partial charge on any atom is 0.251 e. The van der Waals surface area contributed by atoms with Crippen LogP contribution < -0.4 is 10.9 Å². The van der Waals surface area contributed by atoms with Crippen molar-refractivity contribution in [3.05, 3.63) is 47.0 Å². The minimum Gasteiger partial charge on any atom is -0.328 e. The fourth-order valence-corrected chi connectivity index (χ4v) is 2.64. The van der Waals surface area contributed by atoms with Crippen molar-refractivity contribution in [2.45, 2.75) is 18.4 Å². The van der Waals surface area contributed by atoms with Gasteiger partial charge in [-0.15, -0.1) is 0 Å². The Balaban J connectivity index is 2.09. The van der Waals surface area contributed by atoms with Crippen LogP contribution in [0.1, 0.15) is 12.8 Å². The van der Waals surface area contributed by atoms with Crippen molar-refractivity contribution in [3.63, 3.8) is 0 Å². The molecule has 1 aliphatic carbocycles. The zero-order valence-electron chi connectivity index (χ0n) is 8.77. The van der Waals surface area contributed by atoms with Gasteiger partial charge in [0.2, 0.25) is 0 Å². The topological polar surface area (TPSA) is 51.1 Å². The first-order valence-electron chi connectivity index (χ1n) is 5.32. The van der Waals surface area contributed by atoms with Crippen LogP contribution in [0.4, 0.5) is 0 Å². The Morgan fingerprint density at radius 2 is 2.12 bits per heavy atom. The molecule has 0 radical (unpaired) electrons. The molecule has 4 heteroatoms. The molecule has 0 atom stereocenters. The third-order valence-corrected chi connectivity index (χ3v) is 3.64. The first-order valence-corrected chi connectivity index (χ1v) is 5.32. The Kier molecular flexibility index (Phi) is 1.67. The number of piperidine rings is 2. The van der Waals surface area contributed by atoms with Crippen LogP contribution in [0.3, 0.4) is 0 Å². The van der Waals surface area contributed by atoms with Gasteiger partial charge in [0, 0.05) is 23.9 Å². The molecule has 3 fully saturated rings. The van der Waals surface area contributed by atoms with Crippen LogP contribution in [0.2, 0.25) is 0 Å².